The Morgan fingerprint density at radius 2 is 2.14 bits per heavy atom. The Kier molecular flexibility index (Phi) is 6.01. The number of carbonyl (C=O) groups is 1. The summed E-state index contributed by atoms with van der Waals surface area (Å²) in [4.78, 5) is 18.8. The van der Waals surface area contributed by atoms with Gasteiger partial charge in [-0.25, -0.2) is 0 Å². The molecule has 2 saturated heterocycles. The van der Waals surface area contributed by atoms with E-state index in [2.05, 4.69) is 15.2 Å². The zero-order valence-electron chi connectivity index (χ0n) is 16.2. The molecule has 2 aromatic heterocycles. The number of likely N-dealkylation sites (tertiary alicyclic amines) is 1. The van der Waals surface area contributed by atoms with Gasteiger partial charge in [-0.3, -0.25) is 9.48 Å². The number of hydrogen-bond acceptors (Lipinski definition) is 7. The zero-order valence-corrected chi connectivity index (χ0v) is 16.2. The molecule has 4 heterocycles. The highest BCUT2D eigenvalue weighted by Gasteiger charge is 2.36. The maximum Gasteiger partial charge on any atom is 0.272 e. The molecule has 2 aliphatic rings. The van der Waals surface area contributed by atoms with E-state index in [0.717, 1.165) is 32.7 Å². The first-order valence-electron chi connectivity index (χ1n) is 10.0. The molecule has 152 valence electrons. The van der Waals surface area contributed by atoms with Crippen LogP contribution in [0.15, 0.2) is 16.8 Å². The number of hydrogen-bond donors (Lipinski definition) is 0. The van der Waals surface area contributed by atoms with Gasteiger partial charge in [-0.15, -0.1) is 0 Å². The standard InChI is InChI=1S/C19H27N5O4/c1-2-24-16(3-7-20-24)19(25)23-11-15(12-23)18-21-17(22-28-18)6-10-27-13-14-4-8-26-9-5-14/h3,7,14-15H,2,4-6,8-13H2,1H3. The fraction of sp³-hybridized carbons (Fsp3) is 0.684. The highest BCUT2D eigenvalue weighted by molar-refractivity contribution is 5.93. The lowest BCUT2D eigenvalue weighted by atomic mass is 9.99. The number of aromatic nitrogens is 4. The smallest absolute Gasteiger partial charge is 0.272 e. The summed E-state index contributed by atoms with van der Waals surface area (Å²) in [7, 11) is 0. The van der Waals surface area contributed by atoms with E-state index in [0.29, 0.717) is 56.0 Å². The van der Waals surface area contributed by atoms with Crippen LogP contribution in [0.3, 0.4) is 0 Å². The molecular weight excluding hydrogens is 362 g/mol. The van der Waals surface area contributed by atoms with Crippen molar-refractivity contribution in [2.75, 3.05) is 39.5 Å². The minimum Gasteiger partial charge on any atom is -0.381 e. The topological polar surface area (TPSA) is 95.5 Å². The molecule has 0 radical (unpaired) electrons. The average molecular weight is 389 g/mol. The molecule has 2 aliphatic heterocycles. The number of aryl methyl sites for hydroxylation is 1. The molecule has 0 aliphatic carbocycles. The van der Waals surface area contributed by atoms with Gasteiger partial charge in [0, 0.05) is 52.1 Å². The molecule has 1 amide bonds. The summed E-state index contributed by atoms with van der Waals surface area (Å²) in [6, 6.07) is 1.75. The third-order valence-electron chi connectivity index (χ3n) is 5.40. The Morgan fingerprint density at radius 1 is 1.32 bits per heavy atom. The third-order valence-corrected chi connectivity index (χ3v) is 5.40. The first kappa shape index (κ1) is 19.1. The number of amides is 1. The minimum atomic E-state index is -0.00292. The first-order chi connectivity index (χ1) is 13.7. The minimum absolute atomic E-state index is 0.00292. The highest BCUT2D eigenvalue weighted by Crippen LogP contribution is 2.27. The van der Waals surface area contributed by atoms with Crippen LogP contribution in [0.25, 0.3) is 0 Å². The molecule has 0 bridgehead atoms. The van der Waals surface area contributed by atoms with Crippen LogP contribution in [0.1, 0.15) is 47.9 Å². The molecule has 2 fully saturated rings. The van der Waals surface area contributed by atoms with E-state index in [-0.39, 0.29) is 11.8 Å². The van der Waals surface area contributed by atoms with E-state index in [1.165, 1.54) is 0 Å². The Balaban J connectivity index is 1.19. The van der Waals surface area contributed by atoms with Crippen molar-refractivity contribution in [3.05, 3.63) is 29.7 Å². The Labute approximate surface area is 164 Å². The highest BCUT2D eigenvalue weighted by atomic mass is 16.5. The van der Waals surface area contributed by atoms with Gasteiger partial charge < -0.3 is 18.9 Å². The van der Waals surface area contributed by atoms with Crippen molar-refractivity contribution in [1.29, 1.82) is 0 Å². The molecule has 9 nitrogen and oxygen atoms in total. The fourth-order valence-corrected chi connectivity index (χ4v) is 3.59. The molecule has 0 spiro atoms. The maximum absolute atomic E-state index is 12.5. The summed E-state index contributed by atoms with van der Waals surface area (Å²) in [6.45, 7) is 6.86. The van der Waals surface area contributed by atoms with Crippen LogP contribution < -0.4 is 0 Å². The van der Waals surface area contributed by atoms with E-state index in [1.807, 2.05) is 6.92 Å². The van der Waals surface area contributed by atoms with E-state index >= 15 is 0 Å². The molecule has 2 aromatic rings. The van der Waals surface area contributed by atoms with Gasteiger partial charge in [-0.1, -0.05) is 5.16 Å². The van der Waals surface area contributed by atoms with Crippen molar-refractivity contribution >= 4 is 5.91 Å². The summed E-state index contributed by atoms with van der Waals surface area (Å²) in [5.74, 6) is 1.96. The van der Waals surface area contributed by atoms with Crippen LogP contribution in [0.5, 0.6) is 0 Å². The van der Waals surface area contributed by atoms with Crippen LogP contribution in [0.4, 0.5) is 0 Å². The van der Waals surface area contributed by atoms with Crippen LogP contribution in [0, 0.1) is 5.92 Å². The third kappa shape index (κ3) is 4.25. The lowest BCUT2D eigenvalue weighted by Crippen LogP contribution is -2.49. The molecular formula is C19H27N5O4. The SMILES string of the molecule is CCn1nccc1C(=O)N1CC(c2nc(CCOCC3CCOCC3)no2)C1. The van der Waals surface area contributed by atoms with Crippen molar-refractivity contribution in [2.24, 2.45) is 5.92 Å². The molecule has 4 rings (SSSR count). The van der Waals surface area contributed by atoms with Gasteiger partial charge in [0.1, 0.15) is 5.69 Å². The molecule has 0 atom stereocenters. The van der Waals surface area contributed by atoms with Crippen molar-refractivity contribution in [3.8, 4) is 0 Å². The first-order valence-corrected chi connectivity index (χ1v) is 10.0. The van der Waals surface area contributed by atoms with Crippen LogP contribution in [-0.2, 0) is 22.4 Å². The predicted octanol–water partition coefficient (Wildman–Crippen LogP) is 1.51. The second-order valence-electron chi connectivity index (χ2n) is 7.37. The average Bonchev–Trinajstić information content (AvgIpc) is 3.34. The quantitative estimate of drug-likeness (QED) is 0.632. The Morgan fingerprint density at radius 3 is 2.93 bits per heavy atom. The molecule has 0 unspecified atom stereocenters. The second-order valence-corrected chi connectivity index (χ2v) is 7.37. The lowest BCUT2D eigenvalue weighted by Gasteiger charge is -2.36. The van der Waals surface area contributed by atoms with E-state index in [4.69, 9.17) is 14.0 Å². The number of rotatable bonds is 8. The van der Waals surface area contributed by atoms with Crippen LogP contribution in [-0.4, -0.2) is 70.2 Å². The summed E-state index contributed by atoms with van der Waals surface area (Å²) in [6.07, 6.45) is 4.44. The van der Waals surface area contributed by atoms with Crippen molar-refractivity contribution < 1.29 is 18.8 Å². The van der Waals surface area contributed by atoms with Crippen LogP contribution in [0.2, 0.25) is 0 Å². The Hall–Kier alpha value is -2.26. The monoisotopic (exact) mass is 389 g/mol. The summed E-state index contributed by atoms with van der Waals surface area (Å²) >= 11 is 0. The Bertz CT molecular complexity index is 777. The molecule has 9 heteroatoms. The lowest BCUT2D eigenvalue weighted by molar-refractivity contribution is 0.0211. The number of nitrogens with zero attached hydrogens (tertiary/aromatic N) is 5. The second kappa shape index (κ2) is 8.83. The fourth-order valence-electron chi connectivity index (χ4n) is 3.59. The van der Waals surface area contributed by atoms with Gasteiger partial charge in [0.15, 0.2) is 5.82 Å². The van der Waals surface area contributed by atoms with Gasteiger partial charge in [0.25, 0.3) is 5.91 Å². The van der Waals surface area contributed by atoms with E-state index in [1.54, 1.807) is 21.8 Å². The predicted molar refractivity (Wildman–Crippen MR) is 98.9 cm³/mol. The molecule has 0 saturated carbocycles. The summed E-state index contributed by atoms with van der Waals surface area (Å²) in [5.41, 5.74) is 0.619. The molecule has 0 N–H and O–H groups in total. The van der Waals surface area contributed by atoms with Crippen LogP contribution >= 0.6 is 0 Å². The van der Waals surface area contributed by atoms with Gasteiger partial charge in [-0.05, 0) is 31.7 Å². The van der Waals surface area contributed by atoms with Gasteiger partial charge in [0.2, 0.25) is 5.89 Å². The largest absolute Gasteiger partial charge is 0.381 e. The van der Waals surface area contributed by atoms with Gasteiger partial charge in [-0.2, -0.15) is 10.1 Å². The zero-order chi connectivity index (χ0) is 19.3. The van der Waals surface area contributed by atoms with Crippen molar-refractivity contribution in [2.45, 2.75) is 38.6 Å². The van der Waals surface area contributed by atoms with Crippen molar-refractivity contribution in [3.63, 3.8) is 0 Å². The van der Waals surface area contributed by atoms with Gasteiger partial charge in [0.05, 0.1) is 12.5 Å². The molecule has 0 aromatic carbocycles. The number of ether oxygens (including phenoxy) is 2. The normalized spacial score (nSPS) is 18.4. The summed E-state index contributed by atoms with van der Waals surface area (Å²) in [5, 5.41) is 8.20. The van der Waals surface area contributed by atoms with Crippen molar-refractivity contribution in [1.82, 2.24) is 24.8 Å². The number of carbonyl (C=O) groups excluding carboxylic acids is 1. The van der Waals surface area contributed by atoms with Gasteiger partial charge >= 0.3 is 0 Å². The van der Waals surface area contributed by atoms with E-state index < -0.39 is 0 Å². The summed E-state index contributed by atoms with van der Waals surface area (Å²) < 4.78 is 18.2. The molecule has 28 heavy (non-hydrogen) atoms. The van der Waals surface area contributed by atoms with E-state index in [9.17, 15) is 4.79 Å². The maximum atomic E-state index is 12.5.